The van der Waals surface area contributed by atoms with Crippen molar-refractivity contribution in [3.8, 4) is 0 Å². The van der Waals surface area contributed by atoms with Gasteiger partial charge < -0.3 is 0 Å². The van der Waals surface area contributed by atoms with Crippen molar-refractivity contribution in [1.29, 1.82) is 0 Å². The van der Waals surface area contributed by atoms with E-state index in [-0.39, 0.29) is 16.9 Å². The van der Waals surface area contributed by atoms with Crippen molar-refractivity contribution in [2.45, 2.75) is 0 Å². The van der Waals surface area contributed by atoms with Gasteiger partial charge >= 0.3 is 0 Å². The molecule has 1 aliphatic carbocycles. The molecule has 1 amide bonds. The lowest BCUT2D eigenvalue weighted by atomic mass is 9.96. The van der Waals surface area contributed by atoms with E-state index in [2.05, 4.69) is 4.99 Å². The lowest BCUT2D eigenvalue weighted by molar-refractivity contribution is -0.113. The molecule has 0 aromatic heterocycles. The van der Waals surface area contributed by atoms with Gasteiger partial charge in [0.2, 0.25) is 0 Å². The summed E-state index contributed by atoms with van der Waals surface area (Å²) in [6.07, 6.45) is 9.26. The zero-order valence-corrected chi connectivity index (χ0v) is 6.95. The molecule has 12 heavy (non-hydrogen) atoms. The molecule has 1 unspecified atom stereocenters. The van der Waals surface area contributed by atoms with Gasteiger partial charge in [-0.15, -0.1) is 0 Å². The van der Waals surface area contributed by atoms with Crippen molar-refractivity contribution in [2.24, 2.45) is 10.9 Å². The molecule has 2 aliphatic rings. The Hall–Kier alpha value is -1.15. The number of dihydropyridines is 1. The number of fused-ring (bicyclic) bond motifs is 1. The van der Waals surface area contributed by atoms with Crippen molar-refractivity contribution in [3.05, 3.63) is 35.4 Å². The van der Waals surface area contributed by atoms with Crippen LogP contribution in [0.25, 0.3) is 0 Å². The van der Waals surface area contributed by atoms with E-state index < -0.39 is 0 Å². The first kappa shape index (κ1) is 7.50. The summed E-state index contributed by atoms with van der Waals surface area (Å²) in [6.45, 7) is 0. The molecule has 3 heteroatoms. The number of aliphatic imine (C=N–C) groups is 1. The van der Waals surface area contributed by atoms with Gasteiger partial charge in [0.1, 0.15) is 5.03 Å². The molecule has 0 aromatic rings. The van der Waals surface area contributed by atoms with Crippen molar-refractivity contribution in [3.63, 3.8) is 0 Å². The van der Waals surface area contributed by atoms with Crippen molar-refractivity contribution in [1.82, 2.24) is 0 Å². The monoisotopic (exact) mass is 179 g/mol. The van der Waals surface area contributed by atoms with Gasteiger partial charge in [-0.3, -0.25) is 4.79 Å². The number of rotatable bonds is 0. The molecule has 2 rings (SSSR count). The smallest absolute Gasteiger partial charge is 0.266 e. The van der Waals surface area contributed by atoms with Crippen LogP contribution in [0, 0.1) is 5.92 Å². The Labute approximate surface area is 74.9 Å². The number of halogens is 1. The van der Waals surface area contributed by atoms with Gasteiger partial charge in [-0.25, -0.2) is 4.99 Å². The van der Waals surface area contributed by atoms with Crippen LogP contribution in [-0.4, -0.2) is 11.6 Å². The van der Waals surface area contributed by atoms with Gasteiger partial charge in [-0.2, -0.15) is 0 Å². The average Bonchev–Trinajstić information content (AvgIpc) is 2.07. The summed E-state index contributed by atoms with van der Waals surface area (Å²) < 4.78 is 0. The Morgan fingerprint density at radius 1 is 1.42 bits per heavy atom. The topological polar surface area (TPSA) is 29.4 Å². The maximum absolute atomic E-state index is 11.0. The van der Waals surface area contributed by atoms with E-state index >= 15 is 0 Å². The minimum absolute atomic E-state index is 0.0835. The molecule has 2 nitrogen and oxygen atoms in total. The molecular weight excluding hydrogens is 174 g/mol. The van der Waals surface area contributed by atoms with Crippen molar-refractivity contribution in [2.75, 3.05) is 0 Å². The summed E-state index contributed by atoms with van der Waals surface area (Å²) in [5.74, 6) is -0.261. The number of nitrogens with zero attached hydrogens (tertiary/aromatic N) is 1. The average molecular weight is 180 g/mol. The predicted octanol–water partition coefficient (Wildman–Crippen LogP) is 1.83. The number of hydrogen-bond acceptors (Lipinski definition) is 1. The number of carbonyl (C=O) groups is 1. The van der Waals surface area contributed by atoms with E-state index in [0.29, 0.717) is 0 Å². The van der Waals surface area contributed by atoms with Gasteiger partial charge in [0.25, 0.3) is 5.91 Å². The van der Waals surface area contributed by atoms with E-state index in [4.69, 9.17) is 11.6 Å². The highest BCUT2D eigenvalue weighted by Gasteiger charge is 2.20. The molecule has 1 atom stereocenters. The van der Waals surface area contributed by atoms with Crippen LogP contribution >= 0.6 is 11.6 Å². The molecule has 0 radical (unpaired) electrons. The van der Waals surface area contributed by atoms with Gasteiger partial charge in [0.15, 0.2) is 0 Å². The molecule has 1 heterocycles. The summed E-state index contributed by atoms with van der Waals surface area (Å²) in [5.41, 5.74) is 0.770. The highest BCUT2D eigenvalue weighted by molar-refractivity contribution is 6.44. The molecule has 0 aromatic carbocycles. The highest BCUT2D eigenvalue weighted by atomic mass is 35.5. The minimum Gasteiger partial charge on any atom is -0.266 e. The van der Waals surface area contributed by atoms with Crippen LogP contribution in [0.4, 0.5) is 0 Å². The Kier molecular flexibility index (Phi) is 1.70. The number of allylic oxidation sites excluding steroid dienone is 5. The summed E-state index contributed by atoms with van der Waals surface area (Å²) >= 11 is 5.63. The molecule has 0 N–H and O–H groups in total. The summed E-state index contributed by atoms with van der Waals surface area (Å²) in [4.78, 5) is 14.8. The van der Waals surface area contributed by atoms with Crippen molar-refractivity contribution >= 4 is 23.2 Å². The second-order valence-corrected chi connectivity index (χ2v) is 3.03. The van der Waals surface area contributed by atoms with Crippen LogP contribution in [-0.2, 0) is 4.79 Å². The van der Waals surface area contributed by atoms with Crippen LogP contribution in [0.15, 0.2) is 40.4 Å². The number of amides is 1. The maximum atomic E-state index is 11.0. The van der Waals surface area contributed by atoms with Gasteiger partial charge in [0, 0.05) is 5.92 Å². The Bertz CT molecular complexity index is 350. The zero-order chi connectivity index (χ0) is 8.55. The van der Waals surface area contributed by atoms with E-state index in [1.165, 1.54) is 0 Å². The SMILES string of the molecule is O=C1N=C2C=CC=CC2C=C1Cl. The van der Waals surface area contributed by atoms with Crippen molar-refractivity contribution < 1.29 is 4.79 Å². The predicted molar refractivity (Wildman–Crippen MR) is 48.1 cm³/mol. The zero-order valence-electron chi connectivity index (χ0n) is 6.20. The first-order valence-electron chi connectivity index (χ1n) is 3.62. The third kappa shape index (κ3) is 1.14. The molecule has 60 valence electrons. The van der Waals surface area contributed by atoms with E-state index in [9.17, 15) is 4.79 Å². The van der Waals surface area contributed by atoms with Crippen LogP contribution in [0.1, 0.15) is 0 Å². The summed E-state index contributed by atoms with van der Waals surface area (Å²) in [5, 5.41) is 0.212. The van der Waals surface area contributed by atoms with E-state index in [0.717, 1.165) is 5.71 Å². The maximum Gasteiger partial charge on any atom is 0.288 e. The van der Waals surface area contributed by atoms with Crippen LogP contribution in [0.5, 0.6) is 0 Å². The summed E-state index contributed by atoms with van der Waals surface area (Å²) in [6, 6.07) is 0. The van der Waals surface area contributed by atoms with E-state index in [1.54, 1.807) is 6.08 Å². The van der Waals surface area contributed by atoms with Gasteiger partial charge in [0.05, 0.1) is 5.71 Å². The van der Waals surface area contributed by atoms with Gasteiger partial charge in [-0.1, -0.05) is 29.8 Å². The standard InChI is InChI=1S/C9H6ClNO/c10-7-5-6-3-1-2-4-8(6)11-9(7)12/h1-6H. The first-order chi connectivity index (χ1) is 5.77. The minimum atomic E-state index is -0.345. The molecule has 1 aliphatic heterocycles. The third-order valence-corrected chi connectivity index (χ3v) is 2.09. The number of carbonyl (C=O) groups excluding carboxylic acids is 1. The molecule has 0 saturated heterocycles. The summed E-state index contributed by atoms with van der Waals surface area (Å²) in [7, 11) is 0. The molecule has 0 spiro atoms. The molecule has 0 saturated carbocycles. The largest absolute Gasteiger partial charge is 0.288 e. The quantitative estimate of drug-likeness (QED) is 0.558. The van der Waals surface area contributed by atoms with E-state index in [1.807, 2.05) is 24.3 Å². The fourth-order valence-electron chi connectivity index (χ4n) is 1.20. The Balaban J connectivity index is 2.41. The van der Waals surface area contributed by atoms with Crippen LogP contribution in [0.2, 0.25) is 0 Å². The van der Waals surface area contributed by atoms with Gasteiger partial charge in [-0.05, 0) is 12.2 Å². The number of hydrogen-bond donors (Lipinski definition) is 0. The van der Waals surface area contributed by atoms with Crippen LogP contribution < -0.4 is 0 Å². The molecule has 0 bridgehead atoms. The second kappa shape index (κ2) is 2.72. The third-order valence-electron chi connectivity index (χ3n) is 1.80. The lowest BCUT2D eigenvalue weighted by Crippen LogP contribution is -2.17. The normalized spacial score (nSPS) is 26.4. The lowest BCUT2D eigenvalue weighted by Gasteiger charge is -2.15. The van der Waals surface area contributed by atoms with Crippen LogP contribution in [0.3, 0.4) is 0 Å². The fourth-order valence-corrected chi connectivity index (χ4v) is 1.38. The Morgan fingerprint density at radius 2 is 2.25 bits per heavy atom. The highest BCUT2D eigenvalue weighted by Crippen LogP contribution is 2.21. The molecular formula is C9H6ClNO. The molecule has 0 fully saturated rings. The second-order valence-electron chi connectivity index (χ2n) is 2.63. The fraction of sp³-hybridized carbons (Fsp3) is 0.111. The first-order valence-corrected chi connectivity index (χ1v) is 4.00. The Morgan fingerprint density at radius 3 is 3.08 bits per heavy atom.